The van der Waals surface area contributed by atoms with Crippen LogP contribution < -0.4 is 10.6 Å². The Labute approximate surface area is 144 Å². The average Bonchev–Trinajstić information content (AvgIpc) is 2.95. The Balaban J connectivity index is 1.92. The fourth-order valence-electron chi connectivity index (χ4n) is 4.09. The van der Waals surface area contributed by atoms with Gasteiger partial charge in [0.05, 0.1) is 11.2 Å². The minimum atomic E-state index is -0.662. The Morgan fingerprint density at radius 1 is 1.50 bits per heavy atom. The van der Waals surface area contributed by atoms with Crippen LogP contribution in [0.5, 0.6) is 0 Å². The van der Waals surface area contributed by atoms with Gasteiger partial charge in [0.2, 0.25) is 0 Å². The van der Waals surface area contributed by atoms with E-state index in [0.29, 0.717) is 30.3 Å². The smallest absolute Gasteiger partial charge is 0.252 e. The topological polar surface area (TPSA) is 79.5 Å². The number of amides is 1. The second-order valence-corrected chi connectivity index (χ2v) is 8.06. The van der Waals surface area contributed by atoms with Gasteiger partial charge in [0, 0.05) is 24.7 Å². The first-order chi connectivity index (χ1) is 11.3. The molecule has 132 valence electrons. The van der Waals surface area contributed by atoms with Crippen LogP contribution in [0.4, 0.5) is 5.82 Å². The molecule has 3 N–H and O–H groups in total. The number of hydrogen-bond acceptors (Lipinski definition) is 4. The summed E-state index contributed by atoms with van der Waals surface area (Å²) in [5.41, 5.74) is 7.76. The Kier molecular flexibility index (Phi) is 4.56. The molecule has 1 aliphatic carbocycles. The van der Waals surface area contributed by atoms with Crippen molar-refractivity contribution in [1.29, 1.82) is 0 Å². The minimum absolute atomic E-state index is 0.169. The van der Waals surface area contributed by atoms with Gasteiger partial charge >= 0.3 is 0 Å². The number of pyridine rings is 1. The average molecular weight is 331 g/mol. The predicted octanol–water partition coefficient (Wildman–Crippen LogP) is 2.29. The van der Waals surface area contributed by atoms with Crippen molar-refractivity contribution >= 4 is 11.7 Å². The van der Waals surface area contributed by atoms with Gasteiger partial charge < -0.3 is 15.7 Å². The third-order valence-corrected chi connectivity index (χ3v) is 5.56. The van der Waals surface area contributed by atoms with Gasteiger partial charge in [-0.3, -0.25) is 4.79 Å². The van der Waals surface area contributed by atoms with Crippen LogP contribution in [0.1, 0.15) is 61.6 Å². The van der Waals surface area contributed by atoms with E-state index in [-0.39, 0.29) is 5.92 Å². The van der Waals surface area contributed by atoms with Crippen molar-refractivity contribution in [3.63, 3.8) is 0 Å². The van der Waals surface area contributed by atoms with E-state index < -0.39 is 11.5 Å². The Morgan fingerprint density at radius 3 is 2.92 bits per heavy atom. The molecule has 1 saturated heterocycles. The fraction of sp³-hybridized carbons (Fsp3) is 0.684. The molecule has 0 spiro atoms. The summed E-state index contributed by atoms with van der Waals surface area (Å²) in [7, 11) is 0. The second kappa shape index (κ2) is 6.36. The number of carbonyl (C=O) groups is 1. The number of carbonyl (C=O) groups excluding carboxylic acids is 1. The van der Waals surface area contributed by atoms with Crippen molar-refractivity contribution < 1.29 is 9.90 Å². The molecule has 3 rings (SSSR count). The number of anilines is 1. The SMILES string of the molecule is CC(C)C[C@H]1CN(c2nc3c(cc2C(N)=O)CCC3)CC[C@@]1(C)O. The molecule has 1 aromatic heterocycles. The van der Waals surface area contributed by atoms with Gasteiger partial charge in [-0.1, -0.05) is 13.8 Å². The van der Waals surface area contributed by atoms with Gasteiger partial charge in [-0.05, 0) is 56.6 Å². The molecular weight excluding hydrogens is 302 g/mol. The maximum atomic E-state index is 12.0. The van der Waals surface area contributed by atoms with E-state index in [1.807, 2.05) is 13.0 Å². The first-order valence-electron chi connectivity index (χ1n) is 9.08. The molecule has 0 saturated carbocycles. The predicted molar refractivity (Wildman–Crippen MR) is 95.2 cm³/mol. The van der Waals surface area contributed by atoms with Gasteiger partial charge in [-0.25, -0.2) is 4.98 Å². The highest BCUT2D eigenvalue weighted by Gasteiger charge is 2.39. The van der Waals surface area contributed by atoms with Crippen LogP contribution in [-0.4, -0.2) is 34.7 Å². The summed E-state index contributed by atoms with van der Waals surface area (Å²) < 4.78 is 0. The third kappa shape index (κ3) is 3.27. The Morgan fingerprint density at radius 2 is 2.25 bits per heavy atom. The minimum Gasteiger partial charge on any atom is -0.390 e. The van der Waals surface area contributed by atoms with Crippen molar-refractivity contribution in [2.75, 3.05) is 18.0 Å². The lowest BCUT2D eigenvalue weighted by molar-refractivity contribution is -0.0247. The van der Waals surface area contributed by atoms with E-state index in [1.54, 1.807) is 0 Å². The summed E-state index contributed by atoms with van der Waals surface area (Å²) in [4.78, 5) is 18.9. The number of nitrogens with zero attached hydrogens (tertiary/aromatic N) is 2. The van der Waals surface area contributed by atoms with Crippen LogP contribution in [0.25, 0.3) is 0 Å². The monoisotopic (exact) mass is 331 g/mol. The zero-order chi connectivity index (χ0) is 17.5. The van der Waals surface area contributed by atoms with Gasteiger partial charge in [-0.15, -0.1) is 0 Å². The molecule has 1 aliphatic heterocycles. The van der Waals surface area contributed by atoms with E-state index in [2.05, 4.69) is 18.7 Å². The van der Waals surface area contributed by atoms with Gasteiger partial charge in [0.15, 0.2) is 0 Å². The van der Waals surface area contributed by atoms with Crippen LogP contribution >= 0.6 is 0 Å². The maximum absolute atomic E-state index is 12.0. The second-order valence-electron chi connectivity index (χ2n) is 8.06. The Bertz CT molecular complexity index is 640. The summed E-state index contributed by atoms with van der Waals surface area (Å²) in [6, 6.07) is 1.94. The summed E-state index contributed by atoms with van der Waals surface area (Å²) in [6.07, 6.45) is 4.69. The maximum Gasteiger partial charge on any atom is 0.252 e. The van der Waals surface area contributed by atoms with Crippen LogP contribution in [0.2, 0.25) is 0 Å². The molecular formula is C19H29N3O2. The van der Waals surface area contributed by atoms with Crippen molar-refractivity contribution in [1.82, 2.24) is 4.98 Å². The van der Waals surface area contributed by atoms with Crippen molar-refractivity contribution in [3.8, 4) is 0 Å². The largest absolute Gasteiger partial charge is 0.390 e. The van der Waals surface area contributed by atoms with Gasteiger partial charge in [0.1, 0.15) is 5.82 Å². The quantitative estimate of drug-likeness (QED) is 0.887. The number of aryl methyl sites for hydroxylation is 2. The van der Waals surface area contributed by atoms with E-state index >= 15 is 0 Å². The molecule has 5 nitrogen and oxygen atoms in total. The molecule has 1 amide bonds. The molecule has 2 atom stereocenters. The highest BCUT2D eigenvalue weighted by Crippen LogP contribution is 2.36. The molecule has 2 heterocycles. The van der Waals surface area contributed by atoms with Crippen LogP contribution in [-0.2, 0) is 12.8 Å². The zero-order valence-electron chi connectivity index (χ0n) is 15.0. The lowest BCUT2D eigenvalue weighted by Gasteiger charge is -2.44. The van der Waals surface area contributed by atoms with Crippen LogP contribution in [0.15, 0.2) is 6.07 Å². The number of fused-ring (bicyclic) bond motifs is 1. The lowest BCUT2D eigenvalue weighted by atomic mass is 9.78. The molecule has 24 heavy (non-hydrogen) atoms. The summed E-state index contributed by atoms with van der Waals surface area (Å²) in [5.74, 6) is 0.990. The number of primary amides is 1. The van der Waals surface area contributed by atoms with Crippen LogP contribution in [0, 0.1) is 11.8 Å². The molecule has 2 aliphatic rings. The van der Waals surface area contributed by atoms with Crippen molar-refractivity contribution in [3.05, 3.63) is 22.9 Å². The molecule has 5 heteroatoms. The van der Waals surface area contributed by atoms with Crippen molar-refractivity contribution in [2.24, 2.45) is 17.6 Å². The molecule has 0 radical (unpaired) electrons. The molecule has 0 aromatic carbocycles. The summed E-state index contributed by atoms with van der Waals surface area (Å²) in [6.45, 7) is 7.71. The van der Waals surface area contributed by atoms with Crippen molar-refractivity contribution in [2.45, 2.75) is 58.5 Å². The number of hydrogen-bond donors (Lipinski definition) is 2. The number of piperidine rings is 1. The standard InChI is InChI=1S/C19H29N3O2/c1-12(2)9-14-11-22(8-7-19(14,3)24)18-15(17(20)23)10-13-5-4-6-16(13)21-18/h10,12,14,24H,4-9,11H2,1-3H3,(H2,20,23)/t14-,19+/m0/s1. The first kappa shape index (κ1) is 17.2. The summed E-state index contributed by atoms with van der Waals surface area (Å²) in [5, 5.41) is 10.7. The van der Waals surface area contributed by atoms with E-state index in [0.717, 1.165) is 43.5 Å². The zero-order valence-corrected chi connectivity index (χ0v) is 15.0. The Hall–Kier alpha value is -1.62. The van der Waals surface area contributed by atoms with E-state index in [1.165, 1.54) is 0 Å². The molecule has 0 bridgehead atoms. The third-order valence-electron chi connectivity index (χ3n) is 5.56. The lowest BCUT2D eigenvalue weighted by Crippen LogP contribution is -2.51. The number of nitrogens with two attached hydrogens (primary N) is 1. The number of rotatable bonds is 4. The highest BCUT2D eigenvalue weighted by atomic mass is 16.3. The molecule has 0 unspecified atom stereocenters. The van der Waals surface area contributed by atoms with Gasteiger partial charge in [0.25, 0.3) is 5.91 Å². The summed E-state index contributed by atoms with van der Waals surface area (Å²) >= 11 is 0. The number of aromatic nitrogens is 1. The highest BCUT2D eigenvalue weighted by molar-refractivity contribution is 5.98. The first-order valence-corrected chi connectivity index (χ1v) is 9.08. The fourth-order valence-corrected chi connectivity index (χ4v) is 4.09. The van der Waals surface area contributed by atoms with Gasteiger partial charge in [-0.2, -0.15) is 0 Å². The normalized spacial score (nSPS) is 26.7. The number of aliphatic hydroxyl groups is 1. The van der Waals surface area contributed by atoms with E-state index in [4.69, 9.17) is 10.7 Å². The molecule has 1 aromatic rings. The molecule has 1 fully saturated rings. The van der Waals surface area contributed by atoms with E-state index in [9.17, 15) is 9.90 Å². The van der Waals surface area contributed by atoms with Crippen LogP contribution in [0.3, 0.4) is 0 Å².